The maximum absolute atomic E-state index is 12.7. The van der Waals surface area contributed by atoms with Gasteiger partial charge >= 0.3 is 0 Å². The molecule has 11 nitrogen and oxygen atoms in total. The van der Waals surface area contributed by atoms with E-state index in [1.807, 2.05) is 0 Å². The molecule has 2 aromatic rings. The van der Waals surface area contributed by atoms with E-state index in [0.717, 1.165) is 0 Å². The van der Waals surface area contributed by atoms with Crippen LogP contribution in [0.4, 0.5) is 17.1 Å². The van der Waals surface area contributed by atoms with Crippen LogP contribution in [0.1, 0.15) is 11.3 Å². The number of nitrogens with one attached hydrogen (secondary N) is 3. The number of ether oxygens (including phenoxy) is 1. The fourth-order valence-electron chi connectivity index (χ4n) is 3.81. The minimum Gasteiger partial charge on any atom is -0.495 e. The number of aromatic nitrogens is 1. The van der Waals surface area contributed by atoms with Crippen molar-refractivity contribution < 1.29 is 19.2 Å². The van der Waals surface area contributed by atoms with Crippen molar-refractivity contribution in [3.05, 3.63) is 45.8 Å². The zero-order chi connectivity index (χ0) is 21.4. The normalized spacial score (nSPS) is 19.5. The van der Waals surface area contributed by atoms with Gasteiger partial charge in [-0.3, -0.25) is 19.7 Å². The van der Waals surface area contributed by atoms with Crippen molar-refractivity contribution in [3.63, 3.8) is 0 Å². The second-order valence-electron chi connectivity index (χ2n) is 6.94. The summed E-state index contributed by atoms with van der Waals surface area (Å²) in [4.78, 5) is 40.5. The molecule has 0 spiro atoms. The maximum atomic E-state index is 12.7. The zero-order valence-electron chi connectivity index (χ0n) is 16.1. The maximum Gasteiger partial charge on any atom is 0.293 e. The number of benzene rings is 1. The second-order valence-corrected chi connectivity index (χ2v) is 6.94. The third-order valence-electron chi connectivity index (χ3n) is 5.20. The van der Waals surface area contributed by atoms with E-state index in [0.29, 0.717) is 35.8 Å². The molecule has 1 unspecified atom stereocenters. The molecular weight excluding hydrogens is 392 g/mol. The van der Waals surface area contributed by atoms with E-state index in [4.69, 9.17) is 10.5 Å². The van der Waals surface area contributed by atoms with E-state index in [1.165, 1.54) is 19.2 Å². The molecule has 11 heteroatoms. The molecule has 4 rings (SSSR count). The Hall–Kier alpha value is -3.86. The van der Waals surface area contributed by atoms with Crippen molar-refractivity contribution in [1.29, 1.82) is 0 Å². The number of fused-ring (bicyclic) bond motifs is 1. The molecule has 0 radical (unpaired) electrons. The monoisotopic (exact) mass is 412 g/mol. The summed E-state index contributed by atoms with van der Waals surface area (Å²) in [6.45, 7) is 0.980. The first kappa shape index (κ1) is 19.5. The third kappa shape index (κ3) is 3.24. The Morgan fingerprint density at radius 3 is 2.90 bits per heavy atom. The molecular formula is C19H20N6O5. The zero-order valence-corrected chi connectivity index (χ0v) is 16.1. The number of nitrogens with two attached hydrogens (primary N) is 1. The van der Waals surface area contributed by atoms with Crippen LogP contribution in [0.3, 0.4) is 0 Å². The summed E-state index contributed by atoms with van der Waals surface area (Å²) in [6, 6.07) is 3.92. The van der Waals surface area contributed by atoms with Gasteiger partial charge in [0, 0.05) is 37.5 Å². The van der Waals surface area contributed by atoms with E-state index in [2.05, 4.69) is 15.6 Å². The number of hydrogen-bond donors (Lipinski definition) is 4. The van der Waals surface area contributed by atoms with Gasteiger partial charge in [-0.05, 0) is 18.2 Å². The van der Waals surface area contributed by atoms with Crippen LogP contribution in [0, 0.1) is 10.1 Å². The van der Waals surface area contributed by atoms with E-state index in [1.54, 1.807) is 23.2 Å². The van der Waals surface area contributed by atoms with Gasteiger partial charge in [0.15, 0.2) is 0 Å². The van der Waals surface area contributed by atoms with Crippen molar-refractivity contribution in [2.24, 2.45) is 5.73 Å². The van der Waals surface area contributed by atoms with Crippen LogP contribution in [0.25, 0.3) is 11.6 Å². The smallest absolute Gasteiger partial charge is 0.293 e. The molecule has 1 atom stereocenters. The lowest BCUT2D eigenvalue weighted by molar-refractivity contribution is -0.384. The van der Waals surface area contributed by atoms with Gasteiger partial charge < -0.3 is 31.0 Å². The number of hydrogen-bond acceptors (Lipinski definition) is 7. The highest BCUT2D eigenvalue weighted by Crippen LogP contribution is 2.45. The third-order valence-corrected chi connectivity index (χ3v) is 5.20. The van der Waals surface area contributed by atoms with Crippen LogP contribution < -0.4 is 26.0 Å². The lowest BCUT2D eigenvalue weighted by Gasteiger charge is -2.34. The highest BCUT2D eigenvalue weighted by Gasteiger charge is 2.36. The number of carbonyl (C=O) groups excluding carboxylic acids is 2. The number of aromatic amines is 1. The van der Waals surface area contributed by atoms with Crippen molar-refractivity contribution in [2.75, 3.05) is 37.0 Å². The SMILES string of the molecule is COc1cc[nH]c1/C=C1\C(=O)Nc2ccc([N+](=O)[O-])c(N3CCNC(C(N)=O)C3)c21. The Labute approximate surface area is 171 Å². The number of amides is 2. The van der Waals surface area contributed by atoms with Crippen LogP contribution >= 0.6 is 0 Å². The summed E-state index contributed by atoms with van der Waals surface area (Å²) in [5, 5.41) is 17.6. The largest absolute Gasteiger partial charge is 0.495 e. The topological polar surface area (TPSA) is 156 Å². The Bertz CT molecular complexity index is 1080. The molecule has 5 N–H and O–H groups in total. The van der Waals surface area contributed by atoms with Gasteiger partial charge in [-0.2, -0.15) is 0 Å². The van der Waals surface area contributed by atoms with E-state index < -0.39 is 16.9 Å². The first-order valence-electron chi connectivity index (χ1n) is 9.24. The van der Waals surface area contributed by atoms with Gasteiger partial charge in [-0.15, -0.1) is 0 Å². The highest BCUT2D eigenvalue weighted by atomic mass is 16.6. The molecule has 0 bridgehead atoms. The van der Waals surface area contributed by atoms with Crippen LogP contribution in [0.5, 0.6) is 5.75 Å². The fraction of sp³-hybridized carbons (Fsp3) is 0.263. The van der Waals surface area contributed by atoms with Gasteiger partial charge in [-0.1, -0.05) is 0 Å². The minimum absolute atomic E-state index is 0.153. The second kappa shape index (κ2) is 7.52. The first-order valence-corrected chi connectivity index (χ1v) is 9.24. The van der Waals surface area contributed by atoms with E-state index in [9.17, 15) is 19.7 Å². The Morgan fingerprint density at radius 1 is 1.40 bits per heavy atom. The molecule has 2 amide bonds. The fourth-order valence-corrected chi connectivity index (χ4v) is 3.81. The van der Waals surface area contributed by atoms with E-state index in [-0.39, 0.29) is 29.4 Å². The average Bonchev–Trinajstić information content (AvgIpc) is 3.31. The number of nitro benzene ring substituents is 1. The molecule has 30 heavy (non-hydrogen) atoms. The molecule has 1 fully saturated rings. The van der Waals surface area contributed by atoms with Crippen LogP contribution in [0.2, 0.25) is 0 Å². The van der Waals surface area contributed by atoms with Crippen molar-refractivity contribution in [2.45, 2.75) is 6.04 Å². The summed E-state index contributed by atoms with van der Waals surface area (Å²) in [5.74, 6) is -0.396. The summed E-state index contributed by atoms with van der Waals surface area (Å²) in [5.41, 5.74) is 7.26. The Balaban J connectivity index is 1.89. The summed E-state index contributed by atoms with van der Waals surface area (Å²) >= 11 is 0. The average molecular weight is 412 g/mol. The lowest BCUT2D eigenvalue weighted by atomic mass is 10.00. The predicted molar refractivity (Wildman–Crippen MR) is 110 cm³/mol. The molecule has 1 aromatic carbocycles. The van der Waals surface area contributed by atoms with Crippen LogP contribution in [-0.4, -0.2) is 54.5 Å². The van der Waals surface area contributed by atoms with Crippen molar-refractivity contribution in [1.82, 2.24) is 10.3 Å². The number of H-pyrrole nitrogens is 1. The van der Waals surface area contributed by atoms with Gasteiger partial charge in [0.2, 0.25) is 5.91 Å². The van der Waals surface area contributed by atoms with Crippen LogP contribution in [-0.2, 0) is 9.59 Å². The van der Waals surface area contributed by atoms with Crippen LogP contribution in [0.15, 0.2) is 24.4 Å². The Morgan fingerprint density at radius 2 is 2.20 bits per heavy atom. The molecule has 1 saturated heterocycles. The van der Waals surface area contributed by atoms with Gasteiger partial charge in [0.1, 0.15) is 17.5 Å². The molecule has 3 heterocycles. The number of nitrogens with zero attached hydrogens (tertiary/aromatic N) is 2. The number of anilines is 2. The lowest BCUT2D eigenvalue weighted by Crippen LogP contribution is -2.56. The first-order chi connectivity index (χ1) is 14.4. The number of nitro groups is 1. The molecule has 1 aromatic heterocycles. The summed E-state index contributed by atoms with van der Waals surface area (Å²) < 4.78 is 5.28. The van der Waals surface area contributed by atoms with Gasteiger partial charge in [0.05, 0.1) is 29.0 Å². The van der Waals surface area contributed by atoms with Crippen molar-refractivity contribution in [3.8, 4) is 5.75 Å². The van der Waals surface area contributed by atoms with E-state index >= 15 is 0 Å². The number of piperazine rings is 1. The number of primary amides is 1. The number of methoxy groups -OCH3 is 1. The van der Waals surface area contributed by atoms with Gasteiger partial charge in [0.25, 0.3) is 11.6 Å². The summed E-state index contributed by atoms with van der Waals surface area (Å²) in [7, 11) is 1.51. The Kier molecular flexibility index (Phi) is 4.88. The molecule has 0 saturated carbocycles. The predicted octanol–water partition coefficient (Wildman–Crippen LogP) is 0.688. The quantitative estimate of drug-likeness (QED) is 0.320. The van der Waals surface area contributed by atoms with Gasteiger partial charge in [-0.25, -0.2) is 0 Å². The summed E-state index contributed by atoms with van der Waals surface area (Å²) in [6.07, 6.45) is 3.27. The molecule has 2 aliphatic rings. The number of rotatable bonds is 5. The molecule has 2 aliphatic heterocycles. The standard InChI is InChI=1S/C19H20N6O5/c1-30-15-4-5-21-12(15)8-10-16-11(23-19(10)27)2-3-14(25(28)29)17(16)24-7-6-22-13(9-24)18(20)26/h2-5,8,13,21-22H,6-7,9H2,1H3,(H2,20,26)(H,23,27)/b10-8-. The highest BCUT2D eigenvalue weighted by molar-refractivity contribution is 6.36. The minimum atomic E-state index is -0.657. The molecule has 156 valence electrons. The van der Waals surface area contributed by atoms with Crippen molar-refractivity contribution >= 4 is 40.5 Å². The molecule has 0 aliphatic carbocycles. The number of carbonyl (C=O) groups is 2.